The number of carbonyl (C=O) groups is 4. The SMILES string of the molecule is C=C[C@@H]1C[C@]1(NC(=O)[C@@H]1CC(Oc2cc(-c3ccccc3)nc3cc(OC)ccc23)CN1C(=O)[C@@H](NC(=O)OC1CCCC1)C(C)(C)C)P(=O)(OCC)OCOC(=O)OC(C)C. The van der Waals surface area contributed by atoms with Gasteiger partial charge in [0.2, 0.25) is 18.6 Å². The lowest BCUT2D eigenvalue weighted by atomic mass is 9.85. The number of amides is 3. The largest absolute Gasteiger partial charge is 0.510 e. The first-order chi connectivity index (χ1) is 29.5. The van der Waals surface area contributed by atoms with E-state index in [-0.39, 0.29) is 32.1 Å². The van der Waals surface area contributed by atoms with Crippen molar-refractivity contribution < 1.29 is 56.5 Å². The predicted octanol–water partition coefficient (Wildman–Crippen LogP) is 8.13. The van der Waals surface area contributed by atoms with Crippen LogP contribution in [0.25, 0.3) is 22.2 Å². The zero-order valence-electron chi connectivity index (χ0n) is 36.5. The molecule has 3 fully saturated rings. The molecule has 62 heavy (non-hydrogen) atoms. The van der Waals surface area contributed by atoms with Gasteiger partial charge in [0, 0.05) is 35.4 Å². The Bertz CT molecular complexity index is 2160. The Morgan fingerprint density at radius 3 is 2.39 bits per heavy atom. The maximum Gasteiger partial charge on any atom is 0.510 e. The number of carbonyl (C=O) groups excluding carboxylic acids is 4. The summed E-state index contributed by atoms with van der Waals surface area (Å²) in [6.07, 6.45) is 1.87. The fraction of sp³-hybridized carbons (Fsp3) is 0.533. The quantitative estimate of drug-likeness (QED) is 0.0573. The van der Waals surface area contributed by atoms with Gasteiger partial charge in [-0.2, -0.15) is 0 Å². The van der Waals surface area contributed by atoms with Crippen LogP contribution in [0.5, 0.6) is 11.5 Å². The summed E-state index contributed by atoms with van der Waals surface area (Å²) >= 11 is 0. The van der Waals surface area contributed by atoms with Crippen molar-refractivity contribution >= 4 is 42.6 Å². The Hall–Kier alpha value is -5.18. The van der Waals surface area contributed by atoms with E-state index in [9.17, 15) is 23.7 Å². The molecule has 2 saturated carbocycles. The third kappa shape index (κ3) is 10.5. The number of rotatable bonds is 17. The van der Waals surface area contributed by atoms with Gasteiger partial charge in [-0.15, -0.1) is 6.58 Å². The van der Waals surface area contributed by atoms with Crippen molar-refractivity contribution in [2.75, 3.05) is 27.1 Å². The van der Waals surface area contributed by atoms with Gasteiger partial charge >= 0.3 is 19.8 Å². The second kappa shape index (κ2) is 19.5. The average Bonchev–Trinajstić information content (AvgIpc) is 3.48. The van der Waals surface area contributed by atoms with Crippen molar-refractivity contribution in [2.45, 2.75) is 116 Å². The Balaban J connectivity index is 1.33. The van der Waals surface area contributed by atoms with Gasteiger partial charge < -0.3 is 43.7 Å². The second-order valence-corrected chi connectivity index (χ2v) is 19.5. The van der Waals surface area contributed by atoms with Gasteiger partial charge in [0.05, 0.1) is 37.6 Å². The minimum Gasteiger partial charge on any atom is -0.497 e. The van der Waals surface area contributed by atoms with Crippen LogP contribution in [-0.4, -0.2) is 96.7 Å². The smallest absolute Gasteiger partial charge is 0.497 e. The summed E-state index contributed by atoms with van der Waals surface area (Å²) in [5, 5.41) is 4.83. The Kier molecular flexibility index (Phi) is 14.5. The topological polar surface area (TPSA) is 190 Å². The first-order valence-corrected chi connectivity index (χ1v) is 22.7. The molecule has 2 N–H and O–H groups in total. The lowest BCUT2D eigenvalue weighted by Crippen LogP contribution is -2.58. The molecule has 16 nitrogen and oxygen atoms in total. The van der Waals surface area contributed by atoms with E-state index in [0.29, 0.717) is 28.1 Å². The predicted molar refractivity (Wildman–Crippen MR) is 230 cm³/mol. The molecule has 6 atom stereocenters. The number of methoxy groups -OCH3 is 1. The summed E-state index contributed by atoms with van der Waals surface area (Å²) < 4.78 is 54.0. The van der Waals surface area contributed by atoms with E-state index in [0.717, 1.165) is 31.2 Å². The summed E-state index contributed by atoms with van der Waals surface area (Å²) in [4.78, 5) is 61.4. The number of hydrogen-bond acceptors (Lipinski definition) is 13. The molecule has 3 aliphatic rings. The fourth-order valence-electron chi connectivity index (χ4n) is 8.02. The zero-order chi connectivity index (χ0) is 44.8. The lowest BCUT2D eigenvalue weighted by Gasteiger charge is -2.36. The number of alkyl carbamates (subject to hydrolysis) is 1. The molecule has 1 aromatic heterocycles. The van der Waals surface area contributed by atoms with E-state index in [1.165, 1.54) is 11.0 Å². The van der Waals surface area contributed by atoms with Crippen molar-refractivity contribution in [1.29, 1.82) is 0 Å². The molecule has 0 bridgehead atoms. The summed E-state index contributed by atoms with van der Waals surface area (Å²) in [7, 11) is -2.72. The van der Waals surface area contributed by atoms with Crippen molar-refractivity contribution in [3.63, 3.8) is 0 Å². The molecule has 2 heterocycles. The Labute approximate surface area is 362 Å². The highest BCUT2D eigenvalue weighted by atomic mass is 31.2. The number of pyridine rings is 1. The Morgan fingerprint density at radius 1 is 1.03 bits per heavy atom. The van der Waals surface area contributed by atoms with Gasteiger partial charge in [-0.1, -0.05) is 57.2 Å². The van der Waals surface area contributed by atoms with Crippen LogP contribution < -0.4 is 20.1 Å². The van der Waals surface area contributed by atoms with E-state index < -0.39 is 79.4 Å². The molecule has 2 unspecified atom stereocenters. The van der Waals surface area contributed by atoms with Crippen LogP contribution in [0.4, 0.5) is 9.59 Å². The number of likely N-dealkylation sites (tertiary alicyclic amines) is 1. The van der Waals surface area contributed by atoms with Crippen LogP contribution in [-0.2, 0) is 37.4 Å². The zero-order valence-corrected chi connectivity index (χ0v) is 37.4. The first-order valence-electron chi connectivity index (χ1n) is 21.2. The van der Waals surface area contributed by atoms with E-state index in [1.54, 1.807) is 33.9 Å². The van der Waals surface area contributed by atoms with Gasteiger partial charge in [-0.05, 0) is 70.4 Å². The van der Waals surface area contributed by atoms with Crippen molar-refractivity contribution in [2.24, 2.45) is 11.3 Å². The molecular weight excluding hydrogens is 819 g/mol. The lowest BCUT2D eigenvalue weighted by molar-refractivity contribution is -0.142. The second-order valence-electron chi connectivity index (χ2n) is 17.2. The van der Waals surface area contributed by atoms with Crippen LogP contribution >= 0.6 is 7.60 Å². The van der Waals surface area contributed by atoms with E-state index in [2.05, 4.69) is 17.2 Å². The first kappa shape index (κ1) is 46.3. The van der Waals surface area contributed by atoms with E-state index >= 15 is 0 Å². The van der Waals surface area contributed by atoms with Gasteiger partial charge in [0.25, 0.3) is 0 Å². The molecule has 336 valence electrons. The van der Waals surface area contributed by atoms with Crippen LogP contribution in [0.2, 0.25) is 0 Å². The maximum absolute atomic E-state index is 14.9. The summed E-state index contributed by atoms with van der Waals surface area (Å²) in [6.45, 7) is 13.3. The summed E-state index contributed by atoms with van der Waals surface area (Å²) in [6, 6.07) is 14.6. The molecule has 17 heteroatoms. The van der Waals surface area contributed by atoms with E-state index in [1.807, 2.05) is 69.3 Å². The molecule has 2 aromatic carbocycles. The van der Waals surface area contributed by atoms with E-state index in [4.69, 9.17) is 37.7 Å². The number of benzene rings is 2. The summed E-state index contributed by atoms with van der Waals surface area (Å²) in [5.41, 5.74) is 1.27. The third-order valence-electron chi connectivity index (χ3n) is 11.3. The normalized spacial score (nSPS) is 22.6. The molecule has 3 aromatic rings. The fourth-order valence-corrected chi connectivity index (χ4v) is 10.3. The molecule has 0 radical (unpaired) electrons. The molecular formula is C45H59N4O12P. The molecule has 1 saturated heterocycles. The van der Waals surface area contributed by atoms with Crippen molar-refractivity contribution in [1.82, 2.24) is 20.5 Å². The number of nitrogens with one attached hydrogen (secondary N) is 2. The molecule has 3 amide bonds. The standard InChI is InChI=1S/C45H59N4O12P/c1-9-30-25-45(30,62(54,57-10-2)58-27-56-43(53)59-28(3)4)48-40(50)37-23-33(26-49(37)41(51)39(44(5,6)7)47-42(52)61-31-18-14-15-19-31)60-38-24-35(29-16-12-11-13-17-29)46-36-22-32(55-8)20-21-34(36)38/h9,11-13,16-17,20-22,24,28,30-31,33,37,39H,1,10,14-15,18-19,23,25-27H2,2-8H3,(H,47,52)(H,48,50)/t30-,33?,37+,39-,45+,62?/m1/s1. The van der Waals surface area contributed by atoms with Gasteiger partial charge in [0.1, 0.15) is 41.1 Å². The van der Waals surface area contributed by atoms with Crippen molar-refractivity contribution in [3.05, 3.63) is 67.3 Å². The van der Waals surface area contributed by atoms with Gasteiger partial charge in [-0.25, -0.2) is 14.6 Å². The third-order valence-corrected chi connectivity index (χ3v) is 13.9. The number of nitrogens with zero attached hydrogens (tertiary/aromatic N) is 2. The van der Waals surface area contributed by atoms with Crippen LogP contribution in [0, 0.1) is 11.3 Å². The number of ether oxygens (including phenoxy) is 5. The number of fused-ring (bicyclic) bond motifs is 1. The van der Waals surface area contributed by atoms with Crippen LogP contribution in [0.15, 0.2) is 67.3 Å². The minimum atomic E-state index is -4.29. The van der Waals surface area contributed by atoms with Crippen molar-refractivity contribution in [3.8, 4) is 22.8 Å². The molecule has 2 aliphatic carbocycles. The molecule has 0 spiro atoms. The highest BCUT2D eigenvalue weighted by Crippen LogP contribution is 2.73. The number of aromatic nitrogens is 1. The molecule has 6 rings (SSSR count). The van der Waals surface area contributed by atoms with Crippen LogP contribution in [0.3, 0.4) is 0 Å². The maximum atomic E-state index is 14.9. The average molecular weight is 879 g/mol. The minimum absolute atomic E-state index is 0.0143. The van der Waals surface area contributed by atoms with Gasteiger partial charge in [-0.3, -0.25) is 18.7 Å². The summed E-state index contributed by atoms with van der Waals surface area (Å²) in [5.74, 6) is -0.683. The highest BCUT2D eigenvalue weighted by molar-refractivity contribution is 7.56. The van der Waals surface area contributed by atoms with Crippen LogP contribution in [0.1, 0.15) is 80.1 Å². The monoisotopic (exact) mass is 878 g/mol. The molecule has 1 aliphatic heterocycles. The van der Waals surface area contributed by atoms with Gasteiger partial charge in [0.15, 0.2) is 0 Å². The Morgan fingerprint density at radius 2 is 1.76 bits per heavy atom. The number of hydrogen-bond donors (Lipinski definition) is 2. The highest BCUT2D eigenvalue weighted by Gasteiger charge is 2.69.